The quantitative estimate of drug-likeness (QED) is 0.916. The molecule has 1 fully saturated rings. The van der Waals surface area contributed by atoms with Crippen molar-refractivity contribution in [1.29, 1.82) is 0 Å². The normalized spacial score (nSPS) is 24.1. The second-order valence-corrected chi connectivity index (χ2v) is 5.72. The van der Waals surface area contributed by atoms with Crippen molar-refractivity contribution in [3.05, 3.63) is 77.4 Å². The summed E-state index contributed by atoms with van der Waals surface area (Å²) in [5, 5.41) is 9.66. The van der Waals surface area contributed by atoms with Crippen LogP contribution in [-0.4, -0.2) is 11.1 Å². The van der Waals surface area contributed by atoms with Gasteiger partial charge in [-0.05, 0) is 30.4 Å². The molecule has 1 aliphatic rings. The molecule has 1 aliphatic carbocycles. The lowest BCUT2D eigenvalue weighted by Crippen LogP contribution is -2.22. The SMILES string of the molecule is Cc1ccc(C2(C(=O)O)CC2C=Cc2ccccc2)cc1. The van der Waals surface area contributed by atoms with Crippen LogP contribution < -0.4 is 0 Å². The van der Waals surface area contributed by atoms with E-state index in [4.69, 9.17) is 0 Å². The van der Waals surface area contributed by atoms with Crippen molar-refractivity contribution in [3.8, 4) is 0 Å². The van der Waals surface area contributed by atoms with Gasteiger partial charge in [-0.2, -0.15) is 0 Å². The van der Waals surface area contributed by atoms with Gasteiger partial charge >= 0.3 is 5.97 Å². The minimum absolute atomic E-state index is 0.0675. The highest BCUT2D eigenvalue weighted by Crippen LogP contribution is 2.55. The third-order valence-electron chi connectivity index (χ3n) is 4.28. The summed E-state index contributed by atoms with van der Waals surface area (Å²) in [7, 11) is 0. The Morgan fingerprint density at radius 3 is 2.43 bits per heavy atom. The number of hydrogen-bond acceptors (Lipinski definition) is 1. The van der Waals surface area contributed by atoms with E-state index in [-0.39, 0.29) is 5.92 Å². The molecule has 2 nitrogen and oxygen atoms in total. The van der Waals surface area contributed by atoms with E-state index < -0.39 is 11.4 Å². The van der Waals surface area contributed by atoms with E-state index in [9.17, 15) is 9.90 Å². The second kappa shape index (κ2) is 5.21. The molecule has 0 bridgehead atoms. The van der Waals surface area contributed by atoms with Crippen LogP contribution in [0.15, 0.2) is 60.7 Å². The van der Waals surface area contributed by atoms with E-state index in [1.807, 2.05) is 73.7 Å². The van der Waals surface area contributed by atoms with Crippen LogP contribution in [0.3, 0.4) is 0 Å². The number of carbonyl (C=O) groups is 1. The van der Waals surface area contributed by atoms with Crippen LogP contribution in [0, 0.1) is 12.8 Å². The Bertz CT molecular complexity index is 670. The Balaban J connectivity index is 1.84. The third-order valence-corrected chi connectivity index (χ3v) is 4.28. The lowest BCUT2D eigenvalue weighted by molar-refractivity contribution is -0.140. The molecule has 0 radical (unpaired) electrons. The van der Waals surface area contributed by atoms with Crippen LogP contribution in [0.5, 0.6) is 0 Å². The van der Waals surface area contributed by atoms with Gasteiger partial charge in [0.25, 0.3) is 0 Å². The molecule has 3 rings (SSSR count). The molecule has 0 saturated heterocycles. The van der Waals surface area contributed by atoms with Crippen molar-refractivity contribution < 1.29 is 9.90 Å². The number of carboxylic acid groups (broad SMARTS) is 1. The van der Waals surface area contributed by atoms with E-state index in [0.717, 1.165) is 16.7 Å². The largest absolute Gasteiger partial charge is 0.481 e. The molecule has 1 saturated carbocycles. The number of benzene rings is 2. The molecule has 106 valence electrons. The van der Waals surface area contributed by atoms with Crippen molar-refractivity contribution in [1.82, 2.24) is 0 Å². The minimum Gasteiger partial charge on any atom is -0.481 e. The Hall–Kier alpha value is -2.35. The van der Waals surface area contributed by atoms with Crippen molar-refractivity contribution in [2.24, 2.45) is 5.92 Å². The van der Waals surface area contributed by atoms with Crippen molar-refractivity contribution in [2.45, 2.75) is 18.8 Å². The summed E-state index contributed by atoms with van der Waals surface area (Å²) >= 11 is 0. The van der Waals surface area contributed by atoms with Gasteiger partial charge in [0.1, 0.15) is 0 Å². The molecule has 2 atom stereocenters. The van der Waals surface area contributed by atoms with Gasteiger partial charge in [-0.1, -0.05) is 72.3 Å². The van der Waals surface area contributed by atoms with E-state index in [2.05, 4.69) is 0 Å². The first-order valence-corrected chi connectivity index (χ1v) is 7.17. The number of aryl methyl sites for hydroxylation is 1. The monoisotopic (exact) mass is 278 g/mol. The molecule has 21 heavy (non-hydrogen) atoms. The predicted molar refractivity (Wildman–Crippen MR) is 84.1 cm³/mol. The van der Waals surface area contributed by atoms with Gasteiger partial charge < -0.3 is 5.11 Å². The zero-order chi connectivity index (χ0) is 14.9. The van der Waals surface area contributed by atoms with Crippen LogP contribution >= 0.6 is 0 Å². The van der Waals surface area contributed by atoms with E-state index in [1.165, 1.54) is 0 Å². The van der Waals surface area contributed by atoms with Crippen molar-refractivity contribution in [2.75, 3.05) is 0 Å². The zero-order valence-electron chi connectivity index (χ0n) is 12.0. The number of carboxylic acids is 1. The molecule has 0 aliphatic heterocycles. The summed E-state index contributed by atoms with van der Waals surface area (Å²) in [5.41, 5.74) is 2.42. The average molecular weight is 278 g/mol. The van der Waals surface area contributed by atoms with Gasteiger partial charge in [0.15, 0.2) is 0 Å². The molecule has 0 spiro atoms. The van der Waals surface area contributed by atoms with Crippen molar-refractivity contribution in [3.63, 3.8) is 0 Å². The molecule has 1 N–H and O–H groups in total. The van der Waals surface area contributed by atoms with Crippen LogP contribution in [0.4, 0.5) is 0 Å². The summed E-state index contributed by atoms with van der Waals surface area (Å²) in [6.07, 6.45) is 4.72. The Morgan fingerprint density at radius 2 is 1.81 bits per heavy atom. The third kappa shape index (κ3) is 2.49. The van der Waals surface area contributed by atoms with E-state index in [1.54, 1.807) is 0 Å². The minimum atomic E-state index is -0.737. The first-order valence-electron chi connectivity index (χ1n) is 7.17. The number of allylic oxidation sites excluding steroid dienone is 1. The molecular weight excluding hydrogens is 260 g/mol. The van der Waals surface area contributed by atoms with E-state index in [0.29, 0.717) is 6.42 Å². The Labute approximate surface area is 124 Å². The van der Waals surface area contributed by atoms with Gasteiger partial charge in [-0.15, -0.1) is 0 Å². The topological polar surface area (TPSA) is 37.3 Å². The lowest BCUT2D eigenvalue weighted by Gasteiger charge is -2.12. The molecule has 2 heteroatoms. The van der Waals surface area contributed by atoms with Crippen molar-refractivity contribution >= 4 is 12.0 Å². The Morgan fingerprint density at radius 1 is 1.14 bits per heavy atom. The van der Waals surface area contributed by atoms with Gasteiger partial charge in [-0.25, -0.2) is 0 Å². The first kappa shape index (κ1) is 13.6. The highest BCUT2D eigenvalue weighted by molar-refractivity contribution is 5.86. The smallest absolute Gasteiger partial charge is 0.314 e. The van der Waals surface area contributed by atoms with Crippen LogP contribution in [0.1, 0.15) is 23.1 Å². The summed E-state index contributed by atoms with van der Waals surface area (Å²) in [5.74, 6) is -0.660. The predicted octanol–water partition coefficient (Wildman–Crippen LogP) is 4.05. The molecular formula is C19H18O2. The summed E-state index contributed by atoms with van der Waals surface area (Å²) in [4.78, 5) is 11.8. The fraction of sp³-hybridized carbons (Fsp3) is 0.211. The van der Waals surface area contributed by atoms with Gasteiger partial charge in [-0.3, -0.25) is 4.79 Å². The fourth-order valence-corrected chi connectivity index (χ4v) is 2.86. The standard InChI is InChI=1S/C19H18O2/c1-14-7-10-16(11-8-14)19(18(20)21)13-17(19)12-9-15-5-3-2-4-6-15/h2-12,17H,13H2,1H3,(H,20,21). The first-order chi connectivity index (χ1) is 10.1. The fourth-order valence-electron chi connectivity index (χ4n) is 2.86. The van der Waals surface area contributed by atoms with E-state index >= 15 is 0 Å². The summed E-state index contributed by atoms with van der Waals surface area (Å²) < 4.78 is 0. The van der Waals surface area contributed by atoms with Gasteiger partial charge in [0, 0.05) is 0 Å². The average Bonchev–Trinajstić information content (AvgIpc) is 3.23. The number of hydrogen-bond donors (Lipinski definition) is 1. The molecule has 0 heterocycles. The van der Waals surface area contributed by atoms with Gasteiger partial charge in [0.05, 0.1) is 5.41 Å². The highest BCUT2D eigenvalue weighted by atomic mass is 16.4. The maximum Gasteiger partial charge on any atom is 0.314 e. The van der Waals surface area contributed by atoms with Gasteiger partial charge in [0.2, 0.25) is 0 Å². The maximum atomic E-state index is 11.8. The molecule has 2 aromatic rings. The molecule has 0 amide bonds. The van der Waals surface area contributed by atoms with Crippen LogP contribution in [0.2, 0.25) is 0 Å². The maximum absolute atomic E-state index is 11.8. The van der Waals surface area contributed by atoms with Crippen LogP contribution in [0.25, 0.3) is 6.08 Å². The summed E-state index contributed by atoms with van der Waals surface area (Å²) in [6, 6.07) is 17.8. The Kier molecular flexibility index (Phi) is 3.38. The van der Waals surface area contributed by atoms with Crippen LogP contribution in [-0.2, 0) is 10.2 Å². The lowest BCUT2D eigenvalue weighted by atomic mass is 9.92. The highest BCUT2D eigenvalue weighted by Gasteiger charge is 2.60. The number of rotatable bonds is 4. The molecule has 0 aromatic heterocycles. The molecule has 2 unspecified atom stereocenters. The molecule has 2 aromatic carbocycles. The summed E-state index contributed by atoms with van der Waals surface area (Å²) in [6.45, 7) is 2.01. The number of aliphatic carboxylic acids is 1. The second-order valence-electron chi connectivity index (χ2n) is 5.72. The zero-order valence-corrected chi connectivity index (χ0v) is 12.0.